The summed E-state index contributed by atoms with van der Waals surface area (Å²) >= 11 is 8.75. The molecule has 1 saturated heterocycles. The Morgan fingerprint density at radius 1 is 0.845 bits per heavy atom. The van der Waals surface area contributed by atoms with E-state index in [-0.39, 0.29) is 88.8 Å². The summed E-state index contributed by atoms with van der Waals surface area (Å²) in [6.45, 7) is 31.2. The third-order valence-corrected chi connectivity index (χ3v) is 13.9. The van der Waals surface area contributed by atoms with E-state index in [4.69, 9.17) is 54.7 Å². The molecule has 5 fully saturated rings. The van der Waals surface area contributed by atoms with Crippen LogP contribution < -0.4 is 43.5 Å². The van der Waals surface area contributed by atoms with Crippen LogP contribution in [0.1, 0.15) is 220 Å². The van der Waals surface area contributed by atoms with E-state index in [2.05, 4.69) is 60.3 Å². The smallest absolute Gasteiger partial charge is 0.146 e. The van der Waals surface area contributed by atoms with Crippen LogP contribution in [0, 0.1) is 23.0 Å². The number of nitrogens with two attached hydrogens (primary N) is 2. The van der Waals surface area contributed by atoms with Crippen molar-refractivity contribution in [3.8, 4) is 11.8 Å². The summed E-state index contributed by atoms with van der Waals surface area (Å²) in [5.41, 5.74) is 12.9. The number of aromatic nitrogens is 1. The molecule has 1 unspecified atom stereocenters. The molecule has 553 valence electrons. The molecule has 4 aliphatic carbocycles. The number of amides is 4. The van der Waals surface area contributed by atoms with Crippen molar-refractivity contribution in [3.63, 3.8) is 0 Å². The van der Waals surface area contributed by atoms with Gasteiger partial charge in [0.25, 0.3) is 5.91 Å². The summed E-state index contributed by atoms with van der Waals surface area (Å²) in [6, 6.07) is 7.81. The Labute approximate surface area is 615 Å². The number of aromatic hydroxyl groups is 1. The van der Waals surface area contributed by atoms with E-state index in [0.29, 0.717) is 37.5 Å². The number of carbonyl (C=O) groups is 6. The molecule has 3 radical (unpaired) electrons. The van der Waals surface area contributed by atoms with Crippen LogP contribution in [0.2, 0.25) is 0 Å². The number of aldehydes is 1. The molecule has 1 aromatic heterocycles. The minimum atomic E-state index is -0.902. The Morgan fingerprint density at radius 3 is 1.70 bits per heavy atom. The summed E-state index contributed by atoms with van der Waals surface area (Å²) in [5, 5.41) is 33.9. The number of fused-ring (bicyclic) bond motifs is 2. The number of Topliss-reactive ketones (excluding diaryl/α,β-unsaturated/α-hetero) is 1. The predicted octanol–water partition coefficient (Wildman–Crippen LogP) is 9.97. The number of hydrogen-bond donors (Lipinski definition) is 8. The monoisotopic (exact) mass is 1560 g/mol. The summed E-state index contributed by atoms with van der Waals surface area (Å²) in [5.74, 6) is -3.18. The van der Waals surface area contributed by atoms with Crippen LogP contribution in [0.4, 0.5) is 23.2 Å². The first-order valence-corrected chi connectivity index (χ1v) is 36.4. The molecule has 30 heteroatoms. The van der Waals surface area contributed by atoms with Crippen LogP contribution in [-0.2, 0) is 32.0 Å². The van der Waals surface area contributed by atoms with E-state index in [1.807, 2.05) is 40.7 Å². The Kier molecular flexibility index (Phi) is 47.6. The minimum absolute atomic E-state index is 0. The quantitative estimate of drug-likeness (QED) is 0.0123. The molecule has 8 rings (SSSR count). The van der Waals surface area contributed by atoms with E-state index < -0.39 is 85.7 Å². The number of pyridine rings is 1. The van der Waals surface area contributed by atoms with Gasteiger partial charge in [0, 0.05) is 86.0 Å². The van der Waals surface area contributed by atoms with Gasteiger partial charge in [0.05, 0.1) is 29.9 Å². The minimum Gasteiger partial charge on any atom is 0.146 e. The standard InChI is InChI=1S/C24H25F2N3O4.C12H24N2O2.C9H16N2O2.C9H17NO3.C7H16N2.C3H7N.C2H7P.CH2Cl2.Al.BH2I.2H/c1-13-8-9-28(16-5-6-16)20-12-27-11-17(22(31)23(32)21(27)24(33)29(13)20)19(30)7-3-14-2-4-15(25)10-18(14)26;1-9(7-8-13-10-5-6-10)14-11(15)16-12(2,3)4;1-7(5-6-10)11-8(12)13-9(2,3)4;1-7(5-6-11)10-8(12)13-9(2,3)4;1-6(8)4-5-9-7-2-3-7;4-3-1-2-3;1-2-3;2-1-3;;1-2;;/h2,4,10-11,13,16,20,32H,3,5-9,12H2,1H3;9-10,13H,5-8H2,1-4H3,(H,14,15);7H,5H2,1-4H3,(H,11,12);6-7H,5H2,1-4H3,(H,10,12);6-7,9H,2-5,8H2,1H3;3H,1-2,4H2;2-3H2,1H3;1H2;;2H2;;/t13-,20-;9-;2*7-;6-;;;;;;;/m00000......./s1/i;;;;;;;;;2D;;. The first kappa shape index (κ1) is 93.1. The topological polar surface area (TPSA) is 315 Å². The first-order chi connectivity index (χ1) is 45.2. The summed E-state index contributed by atoms with van der Waals surface area (Å²) < 4.78 is 49.8. The number of ketones is 1. The normalized spacial score (nSPS) is 17.9. The van der Waals surface area contributed by atoms with Crippen LogP contribution in [0.3, 0.4) is 0 Å². The second-order valence-electron chi connectivity index (χ2n) is 27.4. The molecule has 1 aromatic carbocycles. The van der Waals surface area contributed by atoms with Crippen molar-refractivity contribution in [1.82, 2.24) is 41.0 Å². The van der Waals surface area contributed by atoms with Gasteiger partial charge in [-0.05, 0) is 205 Å². The maximum Gasteiger partial charge on any atom is 0.146 e. The molecule has 3 heterocycles. The number of nitriles is 1. The van der Waals surface area contributed by atoms with Crippen LogP contribution in [0.25, 0.3) is 0 Å². The molecule has 10 N–H and O–H groups in total. The number of halogens is 5. The van der Waals surface area contributed by atoms with Crippen molar-refractivity contribution in [2.24, 2.45) is 11.5 Å². The number of ether oxygens (including phenoxy) is 3. The molecule has 2 aliphatic heterocycles. The van der Waals surface area contributed by atoms with Crippen molar-refractivity contribution in [2.45, 2.75) is 284 Å². The number of alkyl halides is 2. The van der Waals surface area contributed by atoms with Gasteiger partial charge in [0.15, 0.2) is 17.2 Å². The van der Waals surface area contributed by atoms with Gasteiger partial charge >= 0.3 is 46.8 Å². The molecule has 0 spiro atoms. The average Bonchev–Trinajstić information content (AvgIpc) is 1.05. The number of nitrogens with one attached hydrogen (secondary N) is 5. The summed E-state index contributed by atoms with van der Waals surface area (Å²) in [4.78, 5) is 86.7. The van der Waals surface area contributed by atoms with Crippen LogP contribution in [0.5, 0.6) is 5.75 Å². The van der Waals surface area contributed by atoms with Crippen molar-refractivity contribution < 1.29 is 56.9 Å². The fourth-order valence-electron chi connectivity index (χ4n) is 8.74. The Hall–Kier alpha value is -3.92. The van der Waals surface area contributed by atoms with Crippen LogP contribution in [0.15, 0.2) is 29.2 Å². The first-order valence-electron chi connectivity index (χ1n) is 33.6. The third-order valence-electron chi connectivity index (χ3n) is 13.9. The van der Waals surface area contributed by atoms with Crippen molar-refractivity contribution in [3.05, 3.63) is 63.1 Å². The van der Waals surface area contributed by atoms with E-state index in [1.165, 1.54) is 61.5 Å². The number of hydrogen-bond acceptors (Lipinski definition) is 17. The van der Waals surface area contributed by atoms with Gasteiger partial charge in [-0.2, -0.15) is 5.26 Å². The average molecular weight is 1560 g/mol. The third kappa shape index (κ3) is 45.5. The molecular weight excluding hydrogens is 1440 g/mol. The van der Waals surface area contributed by atoms with Gasteiger partial charge in [0.2, 0.25) is 5.43 Å². The van der Waals surface area contributed by atoms with E-state index in [1.54, 1.807) is 60.3 Å². The largest absolute Gasteiger partial charge is 0.146 e. The Bertz CT molecular complexity index is 2770. The summed E-state index contributed by atoms with van der Waals surface area (Å²) in [6.07, 6.45) is 15.1. The van der Waals surface area contributed by atoms with E-state index in [9.17, 15) is 47.4 Å². The zero-order valence-corrected chi connectivity index (χ0v) is 67.6. The zero-order valence-electron chi connectivity index (χ0n) is 61.6. The molecule has 0 bridgehead atoms. The van der Waals surface area contributed by atoms with Gasteiger partial charge in [0.1, 0.15) is 58.3 Å². The van der Waals surface area contributed by atoms with Crippen molar-refractivity contribution in [1.29, 1.82) is 5.86 Å². The van der Waals surface area contributed by atoms with Crippen molar-refractivity contribution >= 4 is 114 Å². The number of aryl methyl sites for hydroxylation is 1. The fraction of sp³-hybridized carbons (Fsp3) is 0.731. The van der Waals surface area contributed by atoms with E-state index >= 15 is 0 Å². The molecule has 4 saturated carbocycles. The van der Waals surface area contributed by atoms with Gasteiger partial charge in [-0.25, -0.2) is 23.2 Å². The number of carbonyl (C=O) groups excluding carboxylic acids is 6. The van der Waals surface area contributed by atoms with Gasteiger partial charge in [-0.1, -0.05) is 13.0 Å². The van der Waals surface area contributed by atoms with Crippen molar-refractivity contribution in [2.75, 3.05) is 31.1 Å². The molecule has 4 amide bonds. The Morgan fingerprint density at radius 2 is 1.30 bits per heavy atom. The molecule has 6 aliphatic rings. The second-order valence-corrected chi connectivity index (χ2v) is 29.1. The zero-order chi connectivity index (χ0) is 74.4. The second kappa shape index (κ2) is 49.6. The molecular formula is C67H118AlBCl2F2IN11O11P. The number of benzene rings is 1. The molecule has 2 aromatic rings. The van der Waals surface area contributed by atoms with Gasteiger partial charge in [-0.3, -0.25) is 19.3 Å². The fourth-order valence-corrected chi connectivity index (χ4v) is 8.74. The van der Waals surface area contributed by atoms with E-state index in [0.717, 1.165) is 82.2 Å². The Balaban J connectivity index is 0. The maximum atomic E-state index is 13.9. The maximum absolute atomic E-state index is 13.9. The molecule has 22 nitrogen and oxygen atoms in total. The molecule has 97 heavy (non-hydrogen) atoms. The SMILES string of the molecule is CCP.C[C@@H](CC#N)NC(=O)OC(C)(C)C.C[C@@H](CC=O)NC(=O)OC(C)(C)C.C[C@@H](CCNC1CC1)NC(=O)OC(C)(C)C.C[C@H](N)CCNC1CC1.C[C@H]1CCN(C2CC2)[C@@H]2Cn3cc(C(=O)CCc4ccc(F)cc4F)c(=O)c(O)c3C(=O)N12.ClCCl.NC1CC1.[2H][IH][B].[AlH2]. The number of rotatable bonds is 19. The predicted molar refractivity (Wildman–Crippen MR) is 403 cm³/mol. The van der Waals surface area contributed by atoms with Crippen LogP contribution in [-0.4, -0.2) is 188 Å². The van der Waals surface area contributed by atoms with Gasteiger partial charge in [-0.15, -0.1) is 32.4 Å². The molecule has 7 atom stereocenters. The number of alkyl carbamates (subject to hydrolysis) is 3. The summed E-state index contributed by atoms with van der Waals surface area (Å²) in [7, 11) is 2.58. The number of nitrogens with zero attached hydrogens (tertiary/aromatic N) is 4. The van der Waals surface area contributed by atoms with Crippen LogP contribution >= 0.6 is 54.6 Å². The van der Waals surface area contributed by atoms with Gasteiger partial charge < -0.3 is 71.6 Å².